The zero-order chi connectivity index (χ0) is 13.7. The Morgan fingerprint density at radius 2 is 2.37 bits per heavy atom. The van der Waals surface area contributed by atoms with E-state index in [0.29, 0.717) is 6.04 Å². The van der Waals surface area contributed by atoms with Gasteiger partial charge in [0, 0.05) is 12.6 Å². The molecule has 2 rings (SSSR count). The molecule has 1 aliphatic rings. The molecular weight excluding hydrogens is 238 g/mol. The molecule has 1 saturated heterocycles. The first-order valence-electron chi connectivity index (χ1n) is 7.33. The monoisotopic (exact) mass is 263 g/mol. The molecule has 2 heterocycles. The molecule has 0 bridgehead atoms. The summed E-state index contributed by atoms with van der Waals surface area (Å²) in [6.07, 6.45) is 5.30. The highest BCUT2D eigenvalue weighted by Gasteiger charge is 2.24. The quantitative estimate of drug-likeness (QED) is 0.825. The van der Waals surface area contributed by atoms with Gasteiger partial charge in [-0.3, -0.25) is 4.98 Å². The third-order valence-electron chi connectivity index (χ3n) is 3.83. The number of hydrogen-bond donors (Lipinski definition) is 2. The summed E-state index contributed by atoms with van der Waals surface area (Å²) in [6, 6.07) is 4.78. The van der Waals surface area contributed by atoms with E-state index in [-0.39, 0.29) is 12.6 Å². The van der Waals surface area contributed by atoms with Gasteiger partial charge < -0.3 is 15.3 Å². The summed E-state index contributed by atoms with van der Waals surface area (Å²) in [4.78, 5) is 6.82. The summed E-state index contributed by atoms with van der Waals surface area (Å²) in [6.45, 7) is 6.58. The van der Waals surface area contributed by atoms with Crippen molar-refractivity contribution < 1.29 is 5.11 Å². The van der Waals surface area contributed by atoms with Crippen LogP contribution in [0.1, 0.15) is 44.8 Å². The third kappa shape index (κ3) is 3.45. The molecule has 2 atom stereocenters. The molecule has 1 aliphatic heterocycles. The van der Waals surface area contributed by atoms with Crippen LogP contribution < -0.4 is 10.2 Å². The van der Waals surface area contributed by atoms with Crippen LogP contribution in [-0.4, -0.2) is 35.8 Å². The van der Waals surface area contributed by atoms with Crippen molar-refractivity contribution in [1.29, 1.82) is 0 Å². The highest BCUT2D eigenvalue weighted by molar-refractivity contribution is 5.47. The Bertz CT molecular complexity index is 379. The van der Waals surface area contributed by atoms with Crippen molar-refractivity contribution in [3.63, 3.8) is 0 Å². The molecule has 4 heteroatoms. The van der Waals surface area contributed by atoms with Crippen LogP contribution in [0.25, 0.3) is 0 Å². The van der Waals surface area contributed by atoms with Crippen LogP contribution in [0.3, 0.4) is 0 Å². The van der Waals surface area contributed by atoms with Crippen molar-refractivity contribution in [1.82, 2.24) is 10.3 Å². The van der Waals surface area contributed by atoms with E-state index >= 15 is 0 Å². The van der Waals surface area contributed by atoms with Gasteiger partial charge in [0.2, 0.25) is 0 Å². The van der Waals surface area contributed by atoms with E-state index in [2.05, 4.69) is 41.2 Å². The van der Waals surface area contributed by atoms with E-state index in [4.69, 9.17) is 0 Å². The molecular formula is C15H25N3O. The molecule has 1 aromatic rings. The van der Waals surface area contributed by atoms with Crippen molar-refractivity contribution in [2.75, 3.05) is 24.6 Å². The highest BCUT2D eigenvalue weighted by Crippen LogP contribution is 2.25. The summed E-state index contributed by atoms with van der Waals surface area (Å²) in [7, 11) is 0. The van der Waals surface area contributed by atoms with Gasteiger partial charge in [-0.1, -0.05) is 6.92 Å². The van der Waals surface area contributed by atoms with Crippen LogP contribution in [-0.2, 0) is 0 Å². The maximum atomic E-state index is 9.37. The molecule has 0 radical (unpaired) electrons. The second kappa shape index (κ2) is 6.87. The van der Waals surface area contributed by atoms with Crippen LogP contribution >= 0.6 is 0 Å². The van der Waals surface area contributed by atoms with Gasteiger partial charge in [0.15, 0.2) is 0 Å². The molecule has 19 heavy (non-hydrogen) atoms. The van der Waals surface area contributed by atoms with Gasteiger partial charge in [-0.25, -0.2) is 0 Å². The zero-order valence-electron chi connectivity index (χ0n) is 12.0. The van der Waals surface area contributed by atoms with Gasteiger partial charge in [0.05, 0.1) is 30.2 Å². The number of anilines is 1. The fourth-order valence-electron chi connectivity index (χ4n) is 2.65. The first kappa shape index (κ1) is 14.3. The number of hydrogen-bond acceptors (Lipinski definition) is 4. The van der Waals surface area contributed by atoms with Crippen LogP contribution in [0.4, 0.5) is 5.69 Å². The lowest BCUT2D eigenvalue weighted by molar-refractivity contribution is 0.266. The molecule has 4 nitrogen and oxygen atoms in total. The normalized spacial score (nSPS) is 20.8. The van der Waals surface area contributed by atoms with Gasteiger partial charge in [-0.2, -0.15) is 0 Å². The van der Waals surface area contributed by atoms with E-state index < -0.39 is 0 Å². The van der Waals surface area contributed by atoms with E-state index in [1.165, 1.54) is 0 Å². The number of aromatic nitrogens is 1. The Morgan fingerprint density at radius 3 is 3.00 bits per heavy atom. The molecule has 1 fully saturated rings. The lowest BCUT2D eigenvalue weighted by Gasteiger charge is -2.25. The van der Waals surface area contributed by atoms with Gasteiger partial charge in [-0.15, -0.1) is 0 Å². The van der Waals surface area contributed by atoms with Crippen molar-refractivity contribution in [2.45, 2.75) is 45.2 Å². The Kier molecular flexibility index (Phi) is 5.16. The van der Waals surface area contributed by atoms with E-state index in [1.807, 2.05) is 6.20 Å². The predicted octanol–water partition coefficient (Wildman–Crippen LogP) is 2.10. The van der Waals surface area contributed by atoms with Crippen LogP contribution in [0.2, 0.25) is 0 Å². The molecule has 0 aromatic carbocycles. The molecule has 0 saturated carbocycles. The molecule has 106 valence electrons. The topological polar surface area (TPSA) is 48.4 Å². The number of nitrogens with one attached hydrogen (secondary N) is 1. The molecule has 2 unspecified atom stereocenters. The number of rotatable bonds is 6. The van der Waals surface area contributed by atoms with Gasteiger partial charge in [-0.05, 0) is 44.9 Å². The van der Waals surface area contributed by atoms with Gasteiger partial charge in [0.25, 0.3) is 0 Å². The lowest BCUT2D eigenvalue weighted by atomic mass is 10.2. The van der Waals surface area contributed by atoms with E-state index in [9.17, 15) is 5.11 Å². The maximum absolute atomic E-state index is 9.37. The predicted molar refractivity (Wildman–Crippen MR) is 78.4 cm³/mol. The molecule has 2 N–H and O–H groups in total. The van der Waals surface area contributed by atoms with E-state index in [1.54, 1.807) is 0 Å². The second-order valence-corrected chi connectivity index (χ2v) is 5.29. The minimum Gasteiger partial charge on any atom is -0.394 e. The maximum Gasteiger partial charge on any atom is 0.0635 e. The summed E-state index contributed by atoms with van der Waals surface area (Å²) in [5.41, 5.74) is 2.21. The number of nitrogens with zero attached hydrogens (tertiary/aromatic N) is 2. The summed E-state index contributed by atoms with van der Waals surface area (Å²) < 4.78 is 0. The fraction of sp³-hybridized carbons (Fsp3) is 0.667. The van der Waals surface area contributed by atoms with E-state index in [0.717, 1.165) is 43.7 Å². The van der Waals surface area contributed by atoms with Crippen LogP contribution in [0.5, 0.6) is 0 Å². The minimum absolute atomic E-state index is 0.232. The summed E-state index contributed by atoms with van der Waals surface area (Å²) >= 11 is 0. The van der Waals surface area contributed by atoms with Crippen LogP contribution in [0.15, 0.2) is 18.3 Å². The molecule has 0 amide bonds. The lowest BCUT2D eigenvalue weighted by Crippen LogP contribution is -2.32. The van der Waals surface area contributed by atoms with Gasteiger partial charge in [0.1, 0.15) is 0 Å². The van der Waals surface area contributed by atoms with Crippen molar-refractivity contribution in [3.05, 3.63) is 24.0 Å². The van der Waals surface area contributed by atoms with Crippen molar-refractivity contribution >= 4 is 5.69 Å². The minimum atomic E-state index is 0.232. The molecule has 0 aliphatic carbocycles. The smallest absolute Gasteiger partial charge is 0.0635 e. The first-order valence-corrected chi connectivity index (χ1v) is 7.33. The zero-order valence-corrected chi connectivity index (χ0v) is 12.0. The molecule has 1 aromatic heterocycles. The Balaban J connectivity index is 2.01. The number of aliphatic hydroxyl groups excluding tert-OH is 1. The third-order valence-corrected chi connectivity index (χ3v) is 3.83. The highest BCUT2D eigenvalue weighted by atomic mass is 16.3. The van der Waals surface area contributed by atoms with Gasteiger partial charge >= 0.3 is 0 Å². The average molecular weight is 263 g/mol. The SMILES string of the molecule is CCCNC(C)c1ccc(N2CCCC2CO)cn1. The van der Waals surface area contributed by atoms with Crippen molar-refractivity contribution in [2.24, 2.45) is 0 Å². The Morgan fingerprint density at radius 1 is 1.53 bits per heavy atom. The molecule has 0 spiro atoms. The largest absolute Gasteiger partial charge is 0.394 e. The Labute approximate surface area is 115 Å². The Hall–Kier alpha value is -1.13. The summed E-state index contributed by atoms with van der Waals surface area (Å²) in [5, 5.41) is 12.8. The standard InChI is InChI=1S/C15H25N3O/c1-3-8-16-12(2)15-7-6-13(10-17-15)18-9-4-5-14(18)11-19/h6-7,10,12,14,16,19H,3-5,8-9,11H2,1-2H3. The summed E-state index contributed by atoms with van der Waals surface area (Å²) in [5.74, 6) is 0. The number of aliphatic hydroxyl groups is 1. The van der Waals surface area contributed by atoms with Crippen LogP contribution in [0, 0.1) is 0 Å². The average Bonchev–Trinajstić information content (AvgIpc) is 2.93. The number of pyridine rings is 1. The second-order valence-electron chi connectivity index (χ2n) is 5.29. The fourth-order valence-corrected chi connectivity index (χ4v) is 2.65. The first-order chi connectivity index (χ1) is 9.26. The van der Waals surface area contributed by atoms with Crippen molar-refractivity contribution in [3.8, 4) is 0 Å².